The summed E-state index contributed by atoms with van der Waals surface area (Å²) in [6.07, 6.45) is 0.336. The highest BCUT2D eigenvalue weighted by molar-refractivity contribution is 5.27. The molecule has 58 valence electrons. The fraction of sp³-hybridized carbons (Fsp3) is 0.750. The van der Waals surface area contributed by atoms with Gasteiger partial charge in [-0.15, -0.1) is 0 Å². The van der Waals surface area contributed by atoms with Crippen LogP contribution in [-0.4, -0.2) is 31.8 Å². The summed E-state index contributed by atoms with van der Waals surface area (Å²) in [6.45, 7) is 6.71. The quantitative estimate of drug-likeness (QED) is 0.431. The molecular weight excluding hydrogens is 126 g/mol. The van der Waals surface area contributed by atoms with Crippen molar-refractivity contribution in [2.75, 3.05) is 20.8 Å². The first kappa shape index (κ1) is 7.76. The predicted molar refractivity (Wildman–Crippen MR) is 41.7 cm³/mol. The Kier molecular flexibility index (Phi) is 2.11. The maximum absolute atomic E-state index is 5.47. The summed E-state index contributed by atoms with van der Waals surface area (Å²) in [7, 11) is 3.99. The zero-order valence-electron chi connectivity index (χ0n) is 6.92. The van der Waals surface area contributed by atoms with Crippen molar-refractivity contribution in [2.45, 2.75) is 13.0 Å². The van der Waals surface area contributed by atoms with Gasteiger partial charge in [-0.05, 0) is 19.7 Å². The van der Waals surface area contributed by atoms with Crippen molar-refractivity contribution in [3.05, 3.63) is 12.2 Å². The second kappa shape index (κ2) is 2.72. The topological polar surface area (TPSA) is 12.5 Å². The molecule has 0 radical (unpaired) electrons. The maximum Gasteiger partial charge on any atom is 0.0993 e. The van der Waals surface area contributed by atoms with Gasteiger partial charge in [0.1, 0.15) is 0 Å². The van der Waals surface area contributed by atoms with Crippen LogP contribution >= 0.6 is 0 Å². The number of hydrogen-bond acceptors (Lipinski definition) is 2. The molecule has 1 fully saturated rings. The molecule has 0 aromatic heterocycles. The zero-order valence-corrected chi connectivity index (χ0v) is 6.92. The molecule has 1 aliphatic carbocycles. The molecule has 10 heavy (non-hydrogen) atoms. The van der Waals surface area contributed by atoms with E-state index in [-0.39, 0.29) is 0 Å². The summed E-state index contributed by atoms with van der Waals surface area (Å²) in [6, 6.07) is 0. The molecule has 0 spiro atoms. The second-order valence-corrected chi connectivity index (χ2v) is 3.16. The van der Waals surface area contributed by atoms with Crippen LogP contribution in [0.4, 0.5) is 0 Å². The van der Waals surface area contributed by atoms with Crippen LogP contribution < -0.4 is 0 Å². The highest BCUT2D eigenvalue weighted by Crippen LogP contribution is 2.38. The minimum Gasteiger partial charge on any atom is -0.358 e. The Morgan fingerprint density at radius 2 is 2.10 bits per heavy atom. The summed E-state index contributed by atoms with van der Waals surface area (Å²) < 4.78 is 5.47. The van der Waals surface area contributed by atoms with E-state index in [0.29, 0.717) is 18.8 Å². The van der Waals surface area contributed by atoms with Gasteiger partial charge in [0, 0.05) is 5.92 Å². The van der Waals surface area contributed by atoms with E-state index in [0.717, 1.165) is 0 Å². The number of rotatable bonds is 3. The number of ether oxygens (including phenoxy) is 1. The fourth-order valence-electron chi connectivity index (χ4n) is 0.909. The summed E-state index contributed by atoms with van der Waals surface area (Å²) in [4.78, 5) is 2.01. The van der Waals surface area contributed by atoms with Gasteiger partial charge in [0.05, 0.1) is 12.8 Å². The second-order valence-electron chi connectivity index (χ2n) is 3.16. The minimum absolute atomic E-state index is 0.336. The van der Waals surface area contributed by atoms with Crippen LogP contribution in [0.1, 0.15) is 6.92 Å². The molecule has 0 bridgehead atoms. The van der Waals surface area contributed by atoms with Gasteiger partial charge in [-0.2, -0.15) is 0 Å². The summed E-state index contributed by atoms with van der Waals surface area (Å²) >= 11 is 0. The van der Waals surface area contributed by atoms with E-state index in [2.05, 4.69) is 13.5 Å². The molecule has 0 aromatic rings. The lowest BCUT2D eigenvalue weighted by molar-refractivity contribution is 0.0430. The van der Waals surface area contributed by atoms with Crippen LogP contribution in [0.25, 0.3) is 0 Å². The van der Waals surface area contributed by atoms with Gasteiger partial charge in [-0.1, -0.05) is 13.5 Å². The van der Waals surface area contributed by atoms with Crippen molar-refractivity contribution >= 4 is 0 Å². The van der Waals surface area contributed by atoms with Crippen LogP contribution in [0.3, 0.4) is 0 Å². The molecule has 0 aliphatic heterocycles. The van der Waals surface area contributed by atoms with Crippen molar-refractivity contribution in [2.24, 2.45) is 5.92 Å². The molecule has 2 atom stereocenters. The van der Waals surface area contributed by atoms with Crippen molar-refractivity contribution in [3.63, 3.8) is 0 Å². The molecule has 0 N–H and O–H groups in total. The first-order chi connectivity index (χ1) is 4.63. The zero-order chi connectivity index (χ0) is 7.72. The van der Waals surface area contributed by atoms with Gasteiger partial charge in [-0.25, -0.2) is 0 Å². The molecule has 0 saturated heterocycles. The lowest BCUT2D eigenvalue weighted by atomic mass is 10.5. The summed E-state index contributed by atoms with van der Waals surface area (Å²) in [5, 5.41) is 0. The van der Waals surface area contributed by atoms with Crippen molar-refractivity contribution < 1.29 is 4.74 Å². The number of hydrogen-bond donors (Lipinski definition) is 0. The van der Waals surface area contributed by atoms with E-state index < -0.39 is 0 Å². The van der Waals surface area contributed by atoms with Gasteiger partial charge in [-0.3, -0.25) is 4.90 Å². The monoisotopic (exact) mass is 141 g/mol. The van der Waals surface area contributed by atoms with Crippen LogP contribution in [0.15, 0.2) is 12.2 Å². The largest absolute Gasteiger partial charge is 0.358 e. The first-order valence-corrected chi connectivity index (χ1v) is 3.58. The van der Waals surface area contributed by atoms with E-state index in [1.54, 1.807) is 0 Å². The van der Waals surface area contributed by atoms with E-state index >= 15 is 0 Å². The van der Waals surface area contributed by atoms with Gasteiger partial charge < -0.3 is 4.74 Å². The molecular formula is C8H15NO. The van der Waals surface area contributed by atoms with Crippen LogP contribution in [0, 0.1) is 5.92 Å². The van der Waals surface area contributed by atoms with E-state index in [1.165, 1.54) is 5.57 Å². The standard InChI is InChI=1S/C8H15NO/c1-6-7(2)8(6)10-5-9(3)4/h7-8H,1,5H2,2-4H3. The highest BCUT2D eigenvalue weighted by Gasteiger charge is 2.39. The predicted octanol–water partition coefficient (Wildman–Crippen LogP) is 1.10. The third kappa shape index (κ3) is 1.58. The van der Waals surface area contributed by atoms with Crippen molar-refractivity contribution in [3.8, 4) is 0 Å². The molecule has 0 amide bonds. The Labute approximate surface area is 62.5 Å². The fourth-order valence-corrected chi connectivity index (χ4v) is 0.909. The van der Waals surface area contributed by atoms with Gasteiger partial charge in [0.25, 0.3) is 0 Å². The molecule has 0 aromatic carbocycles. The molecule has 1 aliphatic rings. The summed E-state index contributed by atoms with van der Waals surface area (Å²) in [5.74, 6) is 0.583. The van der Waals surface area contributed by atoms with Gasteiger partial charge in [0.2, 0.25) is 0 Å². The average molecular weight is 141 g/mol. The minimum atomic E-state index is 0.336. The highest BCUT2D eigenvalue weighted by atomic mass is 16.5. The maximum atomic E-state index is 5.47. The SMILES string of the molecule is C=C1C(C)C1OCN(C)C. The van der Waals surface area contributed by atoms with Crippen molar-refractivity contribution in [1.29, 1.82) is 0 Å². The molecule has 1 rings (SSSR count). The molecule has 1 saturated carbocycles. The Bertz CT molecular complexity index is 142. The van der Waals surface area contributed by atoms with E-state index in [1.807, 2.05) is 19.0 Å². The van der Waals surface area contributed by atoms with Crippen LogP contribution in [-0.2, 0) is 4.74 Å². The van der Waals surface area contributed by atoms with Gasteiger partial charge >= 0.3 is 0 Å². The average Bonchev–Trinajstić information content (AvgIpc) is 2.38. The molecule has 2 heteroatoms. The molecule has 0 heterocycles. The smallest absolute Gasteiger partial charge is 0.0993 e. The Balaban J connectivity index is 2.12. The molecule has 2 nitrogen and oxygen atoms in total. The Morgan fingerprint density at radius 1 is 1.60 bits per heavy atom. The lowest BCUT2D eigenvalue weighted by Gasteiger charge is -2.08. The summed E-state index contributed by atoms with van der Waals surface area (Å²) in [5.41, 5.74) is 1.24. The molecule has 2 unspecified atom stereocenters. The normalized spacial score (nSPS) is 31.4. The van der Waals surface area contributed by atoms with Crippen LogP contribution in [0.5, 0.6) is 0 Å². The van der Waals surface area contributed by atoms with Crippen LogP contribution in [0.2, 0.25) is 0 Å². The van der Waals surface area contributed by atoms with E-state index in [4.69, 9.17) is 4.74 Å². The Hall–Kier alpha value is -0.340. The lowest BCUT2D eigenvalue weighted by Crippen LogP contribution is -2.17. The third-order valence-electron chi connectivity index (χ3n) is 1.81. The number of nitrogens with zero attached hydrogens (tertiary/aromatic N) is 1. The van der Waals surface area contributed by atoms with E-state index in [9.17, 15) is 0 Å². The Morgan fingerprint density at radius 3 is 2.40 bits per heavy atom. The third-order valence-corrected chi connectivity index (χ3v) is 1.81. The first-order valence-electron chi connectivity index (χ1n) is 3.58. The van der Waals surface area contributed by atoms with Gasteiger partial charge in [0.15, 0.2) is 0 Å². The van der Waals surface area contributed by atoms with Crippen molar-refractivity contribution in [1.82, 2.24) is 4.90 Å².